The van der Waals surface area contributed by atoms with E-state index in [0.29, 0.717) is 6.17 Å². The van der Waals surface area contributed by atoms with Gasteiger partial charge in [0.1, 0.15) is 6.17 Å². The predicted molar refractivity (Wildman–Crippen MR) is 196 cm³/mol. The van der Waals surface area contributed by atoms with Gasteiger partial charge in [-0.15, -0.1) is 0 Å². The smallest absolute Gasteiger partial charge is 0.101 e. The number of hydrogen-bond acceptors (Lipinski definition) is 2. The van der Waals surface area contributed by atoms with E-state index in [2.05, 4.69) is 43.0 Å². The molecule has 1 unspecified atom stereocenters. The highest BCUT2D eigenvalue weighted by Gasteiger charge is 2.24. The van der Waals surface area contributed by atoms with Crippen LogP contribution in [0, 0.1) is 0 Å². The third-order valence-corrected chi connectivity index (χ3v) is 10.1. The molecule has 1 aliphatic rings. The summed E-state index contributed by atoms with van der Waals surface area (Å²) < 4.78 is 0. The summed E-state index contributed by atoms with van der Waals surface area (Å²) in [6.07, 6.45) is 52.9. The van der Waals surface area contributed by atoms with Gasteiger partial charge >= 0.3 is 0 Å². The first-order valence-electron chi connectivity index (χ1n) is 20.5. The summed E-state index contributed by atoms with van der Waals surface area (Å²) in [6, 6.07) is 0. The van der Waals surface area contributed by atoms with Gasteiger partial charge in [0.25, 0.3) is 0 Å². The van der Waals surface area contributed by atoms with Crippen LogP contribution in [-0.4, -0.2) is 29.1 Å². The summed E-state index contributed by atoms with van der Waals surface area (Å²) in [5.74, 6) is 0. The lowest BCUT2D eigenvalue weighted by molar-refractivity contribution is 0.135. The lowest BCUT2D eigenvalue weighted by Crippen LogP contribution is -2.39. The molecule has 0 N–H and O–H groups in total. The maximum atomic E-state index is 2.72. The highest BCUT2D eigenvalue weighted by Crippen LogP contribution is 2.24. The van der Waals surface area contributed by atoms with Gasteiger partial charge in [-0.1, -0.05) is 207 Å². The van der Waals surface area contributed by atoms with Crippen LogP contribution in [0.5, 0.6) is 0 Å². The molecule has 2 nitrogen and oxygen atoms in total. The van der Waals surface area contributed by atoms with Crippen LogP contribution in [0.15, 0.2) is 12.4 Å². The molecule has 0 aromatic rings. The molecule has 0 aromatic carbocycles. The molecule has 2 heteroatoms. The van der Waals surface area contributed by atoms with Crippen molar-refractivity contribution in [2.45, 2.75) is 239 Å². The molecule has 0 aliphatic carbocycles. The Morgan fingerprint density at radius 3 is 0.814 bits per heavy atom. The molecule has 1 heterocycles. The van der Waals surface area contributed by atoms with E-state index in [0.717, 1.165) is 0 Å². The van der Waals surface area contributed by atoms with Gasteiger partial charge in [0.05, 0.1) is 0 Å². The highest BCUT2D eigenvalue weighted by atomic mass is 15.4. The molecule has 1 aliphatic heterocycles. The number of hydrogen-bond donors (Lipinski definition) is 0. The van der Waals surface area contributed by atoms with Gasteiger partial charge < -0.3 is 9.80 Å². The minimum absolute atomic E-state index is 0.639. The average Bonchev–Trinajstić information content (AvgIpc) is 3.40. The van der Waals surface area contributed by atoms with E-state index in [9.17, 15) is 0 Å². The molecule has 0 saturated carbocycles. The first-order valence-corrected chi connectivity index (χ1v) is 20.5. The van der Waals surface area contributed by atoms with Crippen molar-refractivity contribution in [1.29, 1.82) is 0 Å². The molecule has 0 spiro atoms. The number of nitrogens with zero attached hydrogens (tertiary/aromatic N) is 2. The van der Waals surface area contributed by atoms with E-state index in [1.165, 1.54) is 225 Å². The fraction of sp³-hybridized carbons (Fsp3) is 0.951. The summed E-state index contributed by atoms with van der Waals surface area (Å²) in [4.78, 5) is 5.43. The Morgan fingerprint density at radius 2 is 0.535 bits per heavy atom. The standard InChI is InChI=1S/C41H82N2/c1-4-7-10-13-16-18-20-21-22-24-26-29-32-35-38-43-40-39-42(37-34-31-28-15-12-9-6-3)41(43)36-33-30-27-25-23-19-17-14-11-8-5-2/h39-41H,4-38H2,1-3H3. The normalized spacial score (nSPS) is 14.9. The Balaban J connectivity index is 2.19. The summed E-state index contributed by atoms with van der Waals surface area (Å²) >= 11 is 0. The minimum Gasteiger partial charge on any atom is -0.356 e. The Morgan fingerprint density at radius 1 is 0.302 bits per heavy atom. The highest BCUT2D eigenvalue weighted by molar-refractivity contribution is 4.97. The van der Waals surface area contributed by atoms with E-state index >= 15 is 0 Å². The largest absolute Gasteiger partial charge is 0.356 e. The van der Waals surface area contributed by atoms with Gasteiger partial charge in [-0.05, 0) is 25.7 Å². The van der Waals surface area contributed by atoms with Crippen molar-refractivity contribution < 1.29 is 0 Å². The molecule has 1 rings (SSSR count). The lowest BCUT2D eigenvalue weighted by Gasteiger charge is -2.33. The van der Waals surface area contributed by atoms with Gasteiger partial charge in [-0.25, -0.2) is 0 Å². The molecule has 43 heavy (non-hydrogen) atoms. The van der Waals surface area contributed by atoms with Gasteiger partial charge in [-0.3, -0.25) is 0 Å². The maximum absolute atomic E-state index is 2.72. The second-order valence-electron chi connectivity index (χ2n) is 14.3. The van der Waals surface area contributed by atoms with E-state index in [-0.39, 0.29) is 0 Å². The second-order valence-corrected chi connectivity index (χ2v) is 14.3. The van der Waals surface area contributed by atoms with Crippen LogP contribution in [0.1, 0.15) is 233 Å². The van der Waals surface area contributed by atoms with Crippen molar-refractivity contribution in [2.24, 2.45) is 0 Å². The van der Waals surface area contributed by atoms with Crippen LogP contribution in [0.4, 0.5) is 0 Å². The molecule has 0 saturated heterocycles. The van der Waals surface area contributed by atoms with Crippen molar-refractivity contribution in [3.8, 4) is 0 Å². The molecule has 0 amide bonds. The van der Waals surface area contributed by atoms with E-state index in [4.69, 9.17) is 0 Å². The first-order chi connectivity index (χ1) is 21.3. The fourth-order valence-electron chi connectivity index (χ4n) is 7.07. The van der Waals surface area contributed by atoms with Gasteiger partial charge in [-0.2, -0.15) is 0 Å². The fourth-order valence-corrected chi connectivity index (χ4v) is 7.07. The number of unbranched alkanes of at least 4 members (excludes halogenated alkanes) is 29. The molecule has 1 atom stereocenters. The first kappa shape index (κ1) is 40.4. The predicted octanol–water partition coefficient (Wildman–Crippen LogP) is 14.3. The molecule has 0 fully saturated rings. The van der Waals surface area contributed by atoms with Crippen molar-refractivity contribution in [2.75, 3.05) is 13.1 Å². The number of rotatable bonds is 35. The third kappa shape index (κ3) is 25.2. The Bertz CT molecular complexity index is 558. The van der Waals surface area contributed by atoms with E-state index in [1.807, 2.05) is 0 Å². The summed E-state index contributed by atoms with van der Waals surface area (Å²) in [7, 11) is 0. The van der Waals surface area contributed by atoms with Crippen molar-refractivity contribution in [3.05, 3.63) is 12.4 Å². The Hall–Kier alpha value is -0.660. The summed E-state index contributed by atoms with van der Waals surface area (Å²) in [6.45, 7) is 9.48. The Labute approximate surface area is 273 Å². The average molecular weight is 603 g/mol. The molecular weight excluding hydrogens is 520 g/mol. The van der Waals surface area contributed by atoms with Gasteiger partial charge in [0, 0.05) is 25.5 Å². The zero-order valence-corrected chi connectivity index (χ0v) is 30.4. The summed E-state index contributed by atoms with van der Waals surface area (Å²) in [5, 5.41) is 0. The van der Waals surface area contributed by atoms with Crippen molar-refractivity contribution in [3.63, 3.8) is 0 Å². The minimum atomic E-state index is 0.639. The van der Waals surface area contributed by atoms with Crippen LogP contribution < -0.4 is 0 Å². The second kappa shape index (κ2) is 32.7. The van der Waals surface area contributed by atoms with E-state index in [1.54, 1.807) is 0 Å². The molecule has 256 valence electrons. The van der Waals surface area contributed by atoms with Crippen molar-refractivity contribution >= 4 is 0 Å². The van der Waals surface area contributed by atoms with E-state index < -0.39 is 0 Å². The molecular formula is C41H82N2. The van der Waals surface area contributed by atoms with Crippen molar-refractivity contribution in [1.82, 2.24) is 9.80 Å². The summed E-state index contributed by atoms with van der Waals surface area (Å²) in [5.41, 5.74) is 0. The zero-order valence-electron chi connectivity index (χ0n) is 30.4. The third-order valence-electron chi connectivity index (χ3n) is 10.1. The van der Waals surface area contributed by atoms with Crippen LogP contribution >= 0.6 is 0 Å². The maximum Gasteiger partial charge on any atom is 0.101 e. The zero-order chi connectivity index (χ0) is 30.9. The molecule has 0 aromatic heterocycles. The SMILES string of the molecule is CCCCCCCCCCCCCCCCN1C=CN(CCCCCCCCC)C1CCCCCCCCCCCCC. The topological polar surface area (TPSA) is 6.48 Å². The van der Waals surface area contributed by atoms with Crippen LogP contribution in [0.2, 0.25) is 0 Å². The quantitative estimate of drug-likeness (QED) is 0.0666. The lowest BCUT2D eigenvalue weighted by atomic mass is 10.0. The van der Waals surface area contributed by atoms with Crippen LogP contribution in [-0.2, 0) is 0 Å². The Kier molecular flexibility index (Phi) is 30.7. The van der Waals surface area contributed by atoms with Gasteiger partial charge in [0.2, 0.25) is 0 Å². The van der Waals surface area contributed by atoms with Gasteiger partial charge in [0.15, 0.2) is 0 Å². The molecule has 0 bridgehead atoms. The molecule has 0 radical (unpaired) electrons. The van der Waals surface area contributed by atoms with Crippen LogP contribution in [0.3, 0.4) is 0 Å². The van der Waals surface area contributed by atoms with Crippen LogP contribution in [0.25, 0.3) is 0 Å². The monoisotopic (exact) mass is 603 g/mol.